The highest BCUT2D eigenvalue weighted by molar-refractivity contribution is 7.17. The Hall–Kier alpha value is -2.31. The van der Waals surface area contributed by atoms with Crippen molar-refractivity contribution in [2.45, 2.75) is 70.0 Å². The first-order chi connectivity index (χ1) is 15.5. The summed E-state index contributed by atoms with van der Waals surface area (Å²) in [6.45, 7) is 2.30. The summed E-state index contributed by atoms with van der Waals surface area (Å²) in [6.07, 6.45) is 8.01. The number of amides is 2. The molecule has 168 valence electrons. The summed E-state index contributed by atoms with van der Waals surface area (Å²) >= 11 is 7.73. The molecule has 1 atom stereocenters. The average molecular weight is 470 g/mol. The van der Waals surface area contributed by atoms with Gasteiger partial charge in [-0.15, -0.1) is 11.3 Å². The Morgan fingerprint density at radius 2 is 1.78 bits per heavy atom. The summed E-state index contributed by atoms with van der Waals surface area (Å²) in [5.41, 5.74) is 1.27. The molecule has 1 aliphatic heterocycles. The quantitative estimate of drug-likeness (QED) is 0.511. The van der Waals surface area contributed by atoms with E-state index < -0.39 is 5.54 Å². The maximum Gasteiger partial charge on any atom is 0.275 e. The van der Waals surface area contributed by atoms with Crippen LogP contribution in [0.4, 0.5) is 5.69 Å². The standard InChI is InChI=1S/C25H28ClN3O2S/c1-25(24(31)27-18-7-5-3-2-4-6-8-18)16-28-20-13-14-32-22(20)15-21(28)23(30)29(25)19-11-9-17(26)10-12-19/h9-15,18H,2-8,16H2,1H3,(H,27,31)/t25-/m1/s1. The molecule has 32 heavy (non-hydrogen) atoms. The lowest BCUT2D eigenvalue weighted by molar-refractivity contribution is -0.127. The van der Waals surface area contributed by atoms with Crippen molar-refractivity contribution < 1.29 is 9.59 Å². The molecule has 0 saturated heterocycles. The minimum Gasteiger partial charge on any atom is -0.351 e. The van der Waals surface area contributed by atoms with Crippen molar-refractivity contribution in [2.75, 3.05) is 4.90 Å². The number of hydrogen-bond acceptors (Lipinski definition) is 3. The molecule has 0 unspecified atom stereocenters. The summed E-state index contributed by atoms with van der Waals surface area (Å²) in [7, 11) is 0. The van der Waals surface area contributed by atoms with E-state index in [1.807, 2.05) is 41.1 Å². The predicted octanol–water partition coefficient (Wildman–Crippen LogP) is 6.00. The number of fused-ring (bicyclic) bond motifs is 3. The molecule has 0 radical (unpaired) electrons. The number of anilines is 1. The first-order valence-corrected chi connectivity index (χ1v) is 12.7. The minimum atomic E-state index is -1.05. The third kappa shape index (κ3) is 3.73. The summed E-state index contributed by atoms with van der Waals surface area (Å²) in [6, 6.07) is 11.3. The largest absolute Gasteiger partial charge is 0.351 e. The molecule has 7 heteroatoms. The third-order valence-electron chi connectivity index (χ3n) is 6.92. The van der Waals surface area contributed by atoms with Crippen LogP contribution in [0.5, 0.6) is 0 Å². The zero-order valence-corrected chi connectivity index (χ0v) is 19.8. The Bertz CT molecular complexity index is 1140. The number of carbonyl (C=O) groups is 2. The Balaban J connectivity index is 1.54. The lowest BCUT2D eigenvalue weighted by Gasteiger charge is -2.44. The number of benzene rings is 1. The van der Waals surface area contributed by atoms with Gasteiger partial charge in [0.05, 0.1) is 16.8 Å². The van der Waals surface area contributed by atoms with Gasteiger partial charge in [-0.2, -0.15) is 0 Å². The molecule has 0 spiro atoms. The molecule has 1 aliphatic carbocycles. The Kier molecular flexibility index (Phi) is 5.76. The van der Waals surface area contributed by atoms with Crippen molar-refractivity contribution in [2.24, 2.45) is 0 Å². The molecule has 1 aromatic carbocycles. The molecule has 1 N–H and O–H groups in total. The first-order valence-electron chi connectivity index (χ1n) is 11.5. The lowest BCUT2D eigenvalue weighted by Crippen LogP contribution is -2.65. The van der Waals surface area contributed by atoms with E-state index in [0.29, 0.717) is 22.9 Å². The van der Waals surface area contributed by atoms with E-state index in [2.05, 4.69) is 5.32 Å². The van der Waals surface area contributed by atoms with Gasteiger partial charge in [0, 0.05) is 16.8 Å². The molecule has 2 amide bonds. The smallest absolute Gasteiger partial charge is 0.275 e. The van der Waals surface area contributed by atoms with Gasteiger partial charge in [-0.1, -0.05) is 43.7 Å². The van der Waals surface area contributed by atoms with Crippen LogP contribution in [-0.4, -0.2) is 28.0 Å². The number of carbonyl (C=O) groups excluding carboxylic acids is 2. The first kappa shape index (κ1) is 21.5. The van der Waals surface area contributed by atoms with E-state index in [9.17, 15) is 9.59 Å². The van der Waals surface area contributed by atoms with Gasteiger partial charge in [-0.3, -0.25) is 14.5 Å². The molecule has 2 aromatic heterocycles. The van der Waals surface area contributed by atoms with E-state index in [0.717, 1.165) is 35.9 Å². The van der Waals surface area contributed by atoms with Crippen molar-refractivity contribution in [3.63, 3.8) is 0 Å². The topological polar surface area (TPSA) is 54.3 Å². The monoisotopic (exact) mass is 469 g/mol. The van der Waals surface area contributed by atoms with E-state index in [-0.39, 0.29) is 17.9 Å². The van der Waals surface area contributed by atoms with E-state index in [1.54, 1.807) is 28.4 Å². The third-order valence-corrected chi connectivity index (χ3v) is 8.02. The number of rotatable bonds is 3. The summed E-state index contributed by atoms with van der Waals surface area (Å²) in [4.78, 5) is 29.3. The van der Waals surface area contributed by atoms with Gasteiger partial charge < -0.3 is 9.88 Å². The molecule has 5 rings (SSSR count). The van der Waals surface area contributed by atoms with Crippen LogP contribution in [-0.2, 0) is 11.3 Å². The van der Waals surface area contributed by atoms with Crippen LogP contribution in [0, 0.1) is 0 Å². The van der Waals surface area contributed by atoms with Crippen molar-refractivity contribution in [1.29, 1.82) is 0 Å². The normalized spacial score (nSPS) is 22.4. The zero-order chi connectivity index (χ0) is 22.3. The maximum absolute atomic E-state index is 13.8. The Morgan fingerprint density at radius 3 is 2.50 bits per heavy atom. The van der Waals surface area contributed by atoms with Crippen LogP contribution in [0.1, 0.15) is 62.4 Å². The average Bonchev–Trinajstić information content (AvgIpc) is 3.34. The SMILES string of the molecule is C[C@]1(C(=O)NC2CCCCCCC2)Cn2c(cc3sccc32)C(=O)N1c1ccc(Cl)cc1. The molecule has 0 bridgehead atoms. The number of nitrogens with one attached hydrogen (secondary N) is 1. The highest BCUT2D eigenvalue weighted by Gasteiger charge is 2.49. The van der Waals surface area contributed by atoms with Gasteiger partial charge in [0.15, 0.2) is 0 Å². The molecule has 1 fully saturated rings. The van der Waals surface area contributed by atoms with Crippen molar-refractivity contribution >= 4 is 50.7 Å². The fourth-order valence-electron chi connectivity index (χ4n) is 5.15. The fraction of sp³-hybridized carbons (Fsp3) is 0.440. The summed E-state index contributed by atoms with van der Waals surface area (Å²) in [5.74, 6) is -0.244. The van der Waals surface area contributed by atoms with Crippen molar-refractivity contribution in [3.8, 4) is 0 Å². The second-order valence-electron chi connectivity index (χ2n) is 9.19. The zero-order valence-electron chi connectivity index (χ0n) is 18.3. The molecular formula is C25H28ClN3O2S. The van der Waals surface area contributed by atoms with Gasteiger partial charge >= 0.3 is 0 Å². The highest BCUT2D eigenvalue weighted by atomic mass is 35.5. The summed E-state index contributed by atoms with van der Waals surface area (Å²) in [5, 5.41) is 5.95. The molecule has 5 nitrogen and oxygen atoms in total. The van der Waals surface area contributed by atoms with Crippen molar-refractivity contribution in [1.82, 2.24) is 9.88 Å². The van der Waals surface area contributed by atoms with Crippen LogP contribution < -0.4 is 10.2 Å². The van der Waals surface area contributed by atoms with Crippen molar-refractivity contribution in [3.05, 3.63) is 52.5 Å². The number of aromatic nitrogens is 1. The van der Waals surface area contributed by atoms with Gasteiger partial charge in [-0.25, -0.2) is 0 Å². The second-order valence-corrected chi connectivity index (χ2v) is 10.6. The van der Waals surface area contributed by atoms with Gasteiger partial charge in [0.25, 0.3) is 5.91 Å². The summed E-state index contributed by atoms with van der Waals surface area (Å²) < 4.78 is 3.08. The Morgan fingerprint density at radius 1 is 1.09 bits per heavy atom. The predicted molar refractivity (Wildman–Crippen MR) is 131 cm³/mol. The Labute approximate surface area is 197 Å². The maximum atomic E-state index is 13.8. The number of thiophene rings is 1. The van der Waals surface area contributed by atoms with Crippen LogP contribution in [0.3, 0.4) is 0 Å². The van der Waals surface area contributed by atoms with Gasteiger partial charge in [-0.05, 0) is 61.5 Å². The fourth-order valence-corrected chi connectivity index (χ4v) is 6.10. The molecule has 3 heterocycles. The minimum absolute atomic E-state index is 0.0888. The van der Waals surface area contributed by atoms with Crippen LogP contribution in [0.2, 0.25) is 5.02 Å². The van der Waals surface area contributed by atoms with Crippen LogP contribution >= 0.6 is 22.9 Å². The van der Waals surface area contributed by atoms with Crippen LogP contribution in [0.25, 0.3) is 10.2 Å². The van der Waals surface area contributed by atoms with Gasteiger partial charge in [0.2, 0.25) is 5.91 Å². The number of hydrogen-bond donors (Lipinski definition) is 1. The van der Waals surface area contributed by atoms with E-state index in [4.69, 9.17) is 11.6 Å². The lowest BCUT2D eigenvalue weighted by atomic mass is 9.91. The molecular weight excluding hydrogens is 442 g/mol. The second kappa shape index (κ2) is 8.56. The van der Waals surface area contributed by atoms with Gasteiger partial charge in [0.1, 0.15) is 11.2 Å². The molecule has 2 aliphatic rings. The number of halogens is 1. The highest BCUT2D eigenvalue weighted by Crippen LogP contribution is 2.37. The van der Waals surface area contributed by atoms with E-state index >= 15 is 0 Å². The van der Waals surface area contributed by atoms with E-state index in [1.165, 1.54) is 19.3 Å². The number of nitrogens with zero attached hydrogens (tertiary/aromatic N) is 2. The van der Waals surface area contributed by atoms with Crippen LogP contribution in [0.15, 0.2) is 41.8 Å². The molecule has 1 saturated carbocycles. The molecule has 3 aromatic rings.